The molecular formula is C6H7IN4. The minimum atomic E-state index is 0.582. The van der Waals surface area contributed by atoms with Gasteiger partial charge in [0.2, 0.25) is 0 Å². The molecule has 0 atom stereocenters. The zero-order chi connectivity index (χ0) is 8.10. The Morgan fingerprint density at radius 1 is 1.64 bits per heavy atom. The Hall–Kier alpha value is -0.640. The van der Waals surface area contributed by atoms with E-state index < -0.39 is 0 Å². The molecule has 1 rings (SSSR count). The summed E-state index contributed by atoms with van der Waals surface area (Å²) in [6, 6.07) is 0. The second-order valence-corrected chi connectivity index (χ2v) is 2.42. The number of hydrogen-bond donors (Lipinski definition) is 0. The zero-order valence-corrected chi connectivity index (χ0v) is 8.24. The maximum Gasteiger partial charge on any atom is 0.152 e. The van der Waals surface area contributed by atoms with Gasteiger partial charge >= 0.3 is 0 Å². The highest BCUT2D eigenvalue weighted by molar-refractivity contribution is 14.1. The summed E-state index contributed by atoms with van der Waals surface area (Å²) in [6.45, 7) is 2.60. The third-order valence-electron chi connectivity index (χ3n) is 1.22. The molecule has 1 aromatic heterocycles. The molecule has 0 fully saturated rings. The quantitative estimate of drug-likeness (QED) is 0.580. The number of nitrogens with zero attached hydrogens (tertiary/aromatic N) is 4. The summed E-state index contributed by atoms with van der Waals surface area (Å²) in [6.07, 6.45) is 0.843. The fraction of sp³-hybridized carbons (Fsp3) is 0.500. The minimum absolute atomic E-state index is 0.582. The van der Waals surface area contributed by atoms with Crippen LogP contribution in [-0.2, 0) is 13.0 Å². The third kappa shape index (κ3) is 2.15. The Morgan fingerprint density at radius 2 is 2.45 bits per heavy atom. The van der Waals surface area contributed by atoms with Gasteiger partial charge in [-0.25, -0.2) is 4.68 Å². The molecule has 0 aliphatic heterocycles. The van der Waals surface area contributed by atoms with Crippen LogP contribution in [0.5, 0.6) is 0 Å². The topological polar surface area (TPSA) is 43.6 Å². The van der Waals surface area contributed by atoms with E-state index in [1.807, 2.05) is 29.5 Å². The molecule has 0 aliphatic rings. The number of halogens is 1. The molecule has 0 N–H and O–H groups in total. The van der Waals surface area contributed by atoms with Gasteiger partial charge in [-0.2, -0.15) is 0 Å². The van der Waals surface area contributed by atoms with Crippen molar-refractivity contribution in [3.63, 3.8) is 0 Å². The van der Waals surface area contributed by atoms with E-state index in [0.29, 0.717) is 6.54 Å². The van der Waals surface area contributed by atoms with Gasteiger partial charge in [0, 0.05) is 29.0 Å². The first-order valence-corrected chi connectivity index (χ1v) is 4.30. The van der Waals surface area contributed by atoms with Gasteiger partial charge in [0.05, 0.1) is 0 Å². The zero-order valence-electron chi connectivity index (χ0n) is 6.08. The minimum Gasteiger partial charge on any atom is -0.218 e. The van der Waals surface area contributed by atoms with Crippen molar-refractivity contribution in [2.24, 2.45) is 0 Å². The maximum absolute atomic E-state index is 3.82. The van der Waals surface area contributed by atoms with Crippen molar-refractivity contribution in [2.45, 2.75) is 19.9 Å². The van der Waals surface area contributed by atoms with Gasteiger partial charge < -0.3 is 0 Å². The average molecular weight is 262 g/mol. The van der Waals surface area contributed by atoms with E-state index in [1.54, 1.807) is 4.68 Å². The van der Waals surface area contributed by atoms with Crippen molar-refractivity contribution < 1.29 is 0 Å². The molecule has 0 amide bonds. The fourth-order valence-electron chi connectivity index (χ4n) is 0.704. The summed E-state index contributed by atoms with van der Waals surface area (Å²) in [5.41, 5.74) is 0. The van der Waals surface area contributed by atoms with Crippen LogP contribution in [0.4, 0.5) is 0 Å². The van der Waals surface area contributed by atoms with Crippen LogP contribution >= 0.6 is 22.6 Å². The number of rotatable bonds is 2. The van der Waals surface area contributed by atoms with Gasteiger partial charge in [-0.1, -0.05) is 12.8 Å². The molecule has 0 saturated carbocycles. The predicted octanol–water partition coefficient (Wildman–Crippen LogP) is 0.631. The molecule has 5 heteroatoms. The Morgan fingerprint density at radius 3 is 3.09 bits per heavy atom. The number of tetrazole rings is 1. The molecule has 4 nitrogen and oxygen atoms in total. The van der Waals surface area contributed by atoms with Gasteiger partial charge in [0.15, 0.2) is 5.82 Å². The average Bonchev–Trinajstić information content (AvgIpc) is 2.47. The van der Waals surface area contributed by atoms with Crippen LogP contribution in [0.25, 0.3) is 0 Å². The second-order valence-electron chi connectivity index (χ2n) is 1.88. The molecule has 0 aliphatic carbocycles. The van der Waals surface area contributed by atoms with Crippen LogP contribution in [0.15, 0.2) is 0 Å². The van der Waals surface area contributed by atoms with E-state index in [4.69, 9.17) is 0 Å². The Balaban J connectivity index is 2.73. The third-order valence-corrected chi connectivity index (χ3v) is 1.60. The molecule has 0 radical (unpaired) electrons. The monoisotopic (exact) mass is 262 g/mol. The van der Waals surface area contributed by atoms with Crippen molar-refractivity contribution >= 4 is 22.6 Å². The molecule has 0 unspecified atom stereocenters. The molecule has 1 aromatic rings. The van der Waals surface area contributed by atoms with Crippen molar-refractivity contribution in [1.29, 1.82) is 0 Å². The first kappa shape index (κ1) is 8.46. The molecule has 0 bridgehead atoms. The molecule has 1 heterocycles. The first-order chi connectivity index (χ1) is 5.38. The standard InChI is InChI=1S/C6H7IN4/c1-2-6-8-9-10-11(6)5-3-4-7/h2,5H2,1H3. The Labute approximate surface area is 78.5 Å². The lowest BCUT2D eigenvalue weighted by atomic mass is 10.4. The van der Waals surface area contributed by atoms with Gasteiger partial charge in [-0.15, -0.1) is 5.10 Å². The largest absolute Gasteiger partial charge is 0.218 e. The lowest BCUT2D eigenvalue weighted by Crippen LogP contribution is -2.03. The summed E-state index contributed by atoms with van der Waals surface area (Å²) in [5.74, 6) is 3.76. The number of aryl methyl sites for hydroxylation is 1. The molecule has 0 spiro atoms. The molecule has 0 saturated heterocycles. The predicted molar refractivity (Wildman–Crippen MR) is 49.0 cm³/mol. The van der Waals surface area contributed by atoms with Crippen molar-refractivity contribution in [1.82, 2.24) is 20.2 Å². The SMILES string of the molecule is CCc1nnnn1CC#CI. The number of hydrogen-bond acceptors (Lipinski definition) is 3. The van der Waals surface area contributed by atoms with E-state index >= 15 is 0 Å². The van der Waals surface area contributed by atoms with Crippen LogP contribution in [0.1, 0.15) is 12.7 Å². The number of aromatic nitrogens is 4. The van der Waals surface area contributed by atoms with Gasteiger partial charge in [-0.3, -0.25) is 0 Å². The van der Waals surface area contributed by atoms with Crippen LogP contribution in [0, 0.1) is 9.85 Å². The maximum atomic E-state index is 3.82. The summed E-state index contributed by atoms with van der Waals surface area (Å²) >= 11 is 1.99. The first-order valence-electron chi connectivity index (χ1n) is 3.22. The second kappa shape index (κ2) is 4.28. The highest BCUT2D eigenvalue weighted by atomic mass is 127. The van der Waals surface area contributed by atoms with E-state index in [9.17, 15) is 0 Å². The van der Waals surface area contributed by atoms with E-state index in [-0.39, 0.29) is 0 Å². The van der Waals surface area contributed by atoms with Crippen molar-refractivity contribution in [2.75, 3.05) is 0 Å². The van der Waals surface area contributed by atoms with E-state index in [2.05, 4.69) is 25.4 Å². The van der Waals surface area contributed by atoms with Crippen LogP contribution in [0.3, 0.4) is 0 Å². The van der Waals surface area contributed by atoms with Gasteiger partial charge in [0.25, 0.3) is 0 Å². The summed E-state index contributed by atoms with van der Waals surface area (Å²) in [4.78, 5) is 0. The van der Waals surface area contributed by atoms with Crippen LogP contribution in [-0.4, -0.2) is 20.2 Å². The fourth-order valence-corrected chi connectivity index (χ4v) is 0.875. The lowest BCUT2D eigenvalue weighted by molar-refractivity contribution is 0.643. The Kier molecular flexibility index (Phi) is 3.29. The molecule has 11 heavy (non-hydrogen) atoms. The molecule has 0 aromatic carbocycles. The smallest absolute Gasteiger partial charge is 0.152 e. The molecule has 58 valence electrons. The summed E-state index contributed by atoms with van der Waals surface area (Å²) in [7, 11) is 0. The normalized spacial score (nSPS) is 8.91. The van der Waals surface area contributed by atoms with E-state index in [1.165, 1.54) is 0 Å². The van der Waals surface area contributed by atoms with Crippen LogP contribution < -0.4 is 0 Å². The summed E-state index contributed by atoms with van der Waals surface area (Å²) in [5, 5.41) is 11.1. The van der Waals surface area contributed by atoms with Gasteiger partial charge in [-0.05, 0) is 14.4 Å². The highest BCUT2D eigenvalue weighted by Crippen LogP contribution is 1.91. The van der Waals surface area contributed by atoms with Crippen molar-refractivity contribution in [3.05, 3.63) is 5.82 Å². The van der Waals surface area contributed by atoms with E-state index in [0.717, 1.165) is 12.2 Å². The van der Waals surface area contributed by atoms with Crippen molar-refractivity contribution in [3.8, 4) is 9.85 Å². The van der Waals surface area contributed by atoms with Gasteiger partial charge in [0.1, 0.15) is 6.54 Å². The highest BCUT2D eigenvalue weighted by Gasteiger charge is 1.99. The lowest BCUT2D eigenvalue weighted by Gasteiger charge is -1.93. The van der Waals surface area contributed by atoms with Crippen LogP contribution in [0.2, 0.25) is 0 Å². The summed E-state index contributed by atoms with van der Waals surface area (Å²) < 4.78 is 4.46. The molecular weight excluding hydrogens is 255 g/mol. The Bertz CT molecular complexity index is 282.